The molecule has 2 aliphatic rings. The standard InChI is InChI=1S/C24H28ClFN2O2S/c1-30-23-22(27-21(29)15-31-2)18-5-3-4-6-19(18)24(23)9-11-28(12-10-24)14-16-7-8-17(26)13-20(16)25/h3-8,13,22-23H,9-12,14-15H2,1-2H3,(H,27,29)/t22-,23+/m1/s1. The molecule has 2 atom stereocenters. The van der Waals surface area contributed by atoms with Crippen LogP contribution in [0.4, 0.5) is 4.39 Å². The van der Waals surface area contributed by atoms with E-state index in [9.17, 15) is 9.18 Å². The van der Waals surface area contributed by atoms with Crippen molar-refractivity contribution in [1.82, 2.24) is 10.2 Å². The molecule has 1 aliphatic heterocycles. The van der Waals surface area contributed by atoms with E-state index in [0.29, 0.717) is 17.3 Å². The van der Waals surface area contributed by atoms with E-state index in [1.54, 1.807) is 13.2 Å². The van der Waals surface area contributed by atoms with Crippen molar-refractivity contribution < 1.29 is 13.9 Å². The minimum Gasteiger partial charge on any atom is -0.378 e. The Balaban J connectivity index is 1.55. The molecule has 1 amide bonds. The number of likely N-dealkylation sites (tertiary alicyclic amines) is 1. The van der Waals surface area contributed by atoms with E-state index in [2.05, 4.69) is 28.4 Å². The van der Waals surface area contributed by atoms with Gasteiger partial charge in [-0.25, -0.2) is 4.39 Å². The molecule has 1 aliphatic carbocycles. The molecule has 2 aromatic rings. The van der Waals surface area contributed by atoms with Crippen LogP contribution in [0.25, 0.3) is 0 Å². The Morgan fingerprint density at radius 1 is 1.29 bits per heavy atom. The zero-order valence-corrected chi connectivity index (χ0v) is 19.4. The summed E-state index contributed by atoms with van der Waals surface area (Å²) in [6.07, 6.45) is 3.68. The summed E-state index contributed by atoms with van der Waals surface area (Å²) in [5.74, 6) is 0.162. The number of hydrogen-bond acceptors (Lipinski definition) is 4. The molecule has 0 saturated carbocycles. The number of piperidine rings is 1. The second kappa shape index (κ2) is 9.49. The first-order chi connectivity index (χ1) is 15.0. The number of carbonyl (C=O) groups excluding carboxylic acids is 1. The number of nitrogens with one attached hydrogen (secondary N) is 1. The summed E-state index contributed by atoms with van der Waals surface area (Å²) < 4.78 is 19.4. The number of thioether (sulfide) groups is 1. The van der Waals surface area contributed by atoms with Gasteiger partial charge in [-0.2, -0.15) is 11.8 Å². The van der Waals surface area contributed by atoms with Crippen molar-refractivity contribution in [2.24, 2.45) is 0 Å². The highest BCUT2D eigenvalue weighted by atomic mass is 35.5. The lowest BCUT2D eigenvalue weighted by Crippen LogP contribution is -2.50. The predicted molar refractivity (Wildman–Crippen MR) is 124 cm³/mol. The number of fused-ring (bicyclic) bond motifs is 2. The number of benzene rings is 2. The van der Waals surface area contributed by atoms with Gasteiger partial charge in [0.15, 0.2) is 0 Å². The van der Waals surface area contributed by atoms with Crippen LogP contribution >= 0.6 is 23.4 Å². The van der Waals surface area contributed by atoms with Crippen LogP contribution in [0.3, 0.4) is 0 Å². The van der Waals surface area contributed by atoms with Gasteiger partial charge in [-0.15, -0.1) is 0 Å². The Morgan fingerprint density at radius 3 is 2.71 bits per heavy atom. The Hall–Kier alpha value is -1.60. The summed E-state index contributed by atoms with van der Waals surface area (Å²) >= 11 is 7.77. The van der Waals surface area contributed by atoms with Gasteiger partial charge in [-0.3, -0.25) is 9.69 Å². The first kappa shape index (κ1) is 22.6. The minimum atomic E-state index is -0.314. The minimum absolute atomic E-state index is 0.0368. The van der Waals surface area contributed by atoms with Crippen molar-refractivity contribution >= 4 is 29.3 Å². The Labute approximate surface area is 192 Å². The Kier molecular flexibility index (Phi) is 6.92. The van der Waals surface area contributed by atoms with Crippen LogP contribution in [-0.2, 0) is 21.5 Å². The van der Waals surface area contributed by atoms with Crippen LogP contribution in [0.5, 0.6) is 0 Å². The second-order valence-electron chi connectivity index (χ2n) is 8.39. The summed E-state index contributed by atoms with van der Waals surface area (Å²) in [7, 11) is 1.75. The van der Waals surface area contributed by atoms with Gasteiger partial charge < -0.3 is 10.1 Å². The zero-order chi connectivity index (χ0) is 22.0. The van der Waals surface area contributed by atoms with Crippen LogP contribution in [0.1, 0.15) is 35.6 Å². The highest BCUT2D eigenvalue weighted by Gasteiger charge is 2.53. The molecule has 4 rings (SSSR count). The smallest absolute Gasteiger partial charge is 0.230 e. The van der Waals surface area contributed by atoms with Crippen molar-refractivity contribution in [3.05, 3.63) is 70.0 Å². The normalized spacial score (nSPS) is 22.5. The third kappa shape index (κ3) is 4.36. The van der Waals surface area contributed by atoms with E-state index in [0.717, 1.165) is 31.5 Å². The maximum absolute atomic E-state index is 13.4. The fourth-order valence-electron chi connectivity index (χ4n) is 5.27. The first-order valence-corrected chi connectivity index (χ1v) is 12.3. The van der Waals surface area contributed by atoms with E-state index in [-0.39, 0.29) is 29.3 Å². The van der Waals surface area contributed by atoms with E-state index in [4.69, 9.17) is 16.3 Å². The van der Waals surface area contributed by atoms with Gasteiger partial charge in [-0.05, 0) is 61.0 Å². The number of nitrogens with zero attached hydrogens (tertiary/aromatic N) is 1. The molecule has 0 unspecified atom stereocenters. The molecule has 7 heteroatoms. The van der Waals surface area contributed by atoms with E-state index in [1.807, 2.05) is 12.3 Å². The number of amides is 1. The molecule has 1 fully saturated rings. The molecule has 1 heterocycles. The molecule has 0 radical (unpaired) electrons. The molecule has 166 valence electrons. The summed E-state index contributed by atoms with van der Waals surface area (Å²) in [6, 6.07) is 12.9. The molecule has 1 N–H and O–H groups in total. The second-order valence-corrected chi connectivity index (χ2v) is 9.66. The van der Waals surface area contributed by atoms with Gasteiger partial charge in [0, 0.05) is 24.1 Å². The molecule has 0 aromatic heterocycles. The van der Waals surface area contributed by atoms with Crippen LogP contribution in [0, 0.1) is 5.82 Å². The maximum Gasteiger partial charge on any atom is 0.230 e. The lowest BCUT2D eigenvalue weighted by molar-refractivity contribution is -0.121. The van der Waals surface area contributed by atoms with Crippen LogP contribution in [-0.4, -0.2) is 49.1 Å². The quantitative estimate of drug-likeness (QED) is 0.683. The number of carbonyl (C=O) groups is 1. The first-order valence-electron chi connectivity index (χ1n) is 10.6. The van der Waals surface area contributed by atoms with Gasteiger partial charge in [0.25, 0.3) is 0 Å². The molecular formula is C24H28ClFN2O2S. The Morgan fingerprint density at radius 2 is 2.03 bits per heavy atom. The van der Waals surface area contributed by atoms with Crippen molar-refractivity contribution in [2.75, 3.05) is 32.2 Å². The largest absolute Gasteiger partial charge is 0.378 e. The van der Waals surface area contributed by atoms with Crippen molar-refractivity contribution in [1.29, 1.82) is 0 Å². The van der Waals surface area contributed by atoms with Crippen molar-refractivity contribution in [3.63, 3.8) is 0 Å². The van der Waals surface area contributed by atoms with Crippen LogP contribution in [0.15, 0.2) is 42.5 Å². The number of hydrogen-bond donors (Lipinski definition) is 1. The predicted octanol–water partition coefficient (Wildman–Crippen LogP) is 4.56. The maximum atomic E-state index is 13.4. The van der Waals surface area contributed by atoms with Gasteiger partial charge in [0.05, 0.1) is 17.9 Å². The fourth-order valence-corrected chi connectivity index (χ4v) is 5.85. The zero-order valence-electron chi connectivity index (χ0n) is 17.9. The summed E-state index contributed by atoms with van der Waals surface area (Å²) in [6.45, 7) is 2.46. The molecule has 2 aromatic carbocycles. The van der Waals surface area contributed by atoms with Gasteiger partial charge in [0.2, 0.25) is 5.91 Å². The van der Waals surface area contributed by atoms with Crippen LogP contribution < -0.4 is 5.32 Å². The van der Waals surface area contributed by atoms with Crippen molar-refractivity contribution in [3.8, 4) is 0 Å². The number of ether oxygens (including phenoxy) is 1. The summed E-state index contributed by atoms with van der Waals surface area (Å²) in [4.78, 5) is 14.8. The van der Waals surface area contributed by atoms with Gasteiger partial charge in [0.1, 0.15) is 5.82 Å². The molecule has 4 nitrogen and oxygen atoms in total. The lowest BCUT2D eigenvalue weighted by Gasteiger charge is -2.44. The highest BCUT2D eigenvalue weighted by Crippen LogP contribution is 2.52. The van der Waals surface area contributed by atoms with Crippen molar-refractivity contribution in [2.45, 2.75) is 36.9 Å². The number of halogens is 2. The van der Waals surface area contributed by atoms with E-state index < -0.39 is 0 Å². The number of rotatable bonds is 6. The average Bonchev–Trinajstić information content (AvgIpc) is 3.01. The van der Waals surface area contributed by atoms with Gasteiger partial charge in [-0.1, -0.05) is 41.9 Å². The molecule has 1 spiro atoms. The molecule has 1 saturated heterocycles. The van der Waals surface area contributed by atoms with Crippen LogP contribution in [0.2, 0.25) is 5.02 Å². The van der Waals surface area contributed by atoms with E-state index in [1.165, 1.54) is 35.0 Å². The lowest BCUT2D eigenvalue weighted by atomic mass is 9.72. The van der Waals surface area contributed by atoms with E-state index >= 15 is 0 Å². The monoisotopic (exact) mass is 462 g/mol. The summed E-state index contributed by atoms with van der Waals surface area (Å²) in [5, 5.41) is 3.69. The average molecular weight is 463 g/mol. The van der Waals surface area contributed by atoms with Gasteiger partial charge >= 0.3 is 0 Å². The topological polar surface area (TPSA) is 41.6 Å². The molecular weight excluding hydrogens is 435 g/mol. The molecule has 0 bridgehead atoms. The molecule has 31 heavy (non-hydrogen) atoms. The number of methoxy groups -OCH3 is 1. The highest BCUT2D eigenvalue weighted by molar-refractivity contribution is 7.99. The third-order valence-electron chi connectivity index (χ3n) is 6.68. The third-order valence-corrected chi connectivity index (χ3v) is 7.59. The Bertz CT molecular complexity index is 949. The fraction of sp³-hybridized carbons (Fsp3) is 0.458. The SMILES string of the molecule is CO[C@H]1[C@H](NC(=O)CSC)c2ccccc2C12CCN(Cc1ccc(F)cc1Cl)CC2. The summed E-state index contributed by atoms with van der Waals surface area (Å²) in [5.41, 5.74) is 3.26.